The predicted molar refractivity (Wildman–Crippen MR) is 108 cm³/mol. The highest BCUT2D eigenvalue weighted by molar-refractivity contribution is 7.16. The molecule has 1 amide bonds. The Labute approximate surface area is 161 Å². The Morgan fingerprint density at radius 1 is 1.04 bits per heavy atom. The van der Waals surface area contributed by atoms with E-state index in [0.29, 0.717) is 24.3 Å². The van der Waals surface area contributed by atoms with Gasteiger partial charge >= 0.3 is 0 Å². The molecule has 0 bridgehead atoms. The second kappa shape index (κ2) is 7.76. The van der Waals surface area contributed by atoms with Crippen LogP contribution >= 0.6 is 11.3 Å². The van der Waals surface area contributed by atoms with E-state index in [4.69, 9.17) is 0 Å². The van der Waals surface area contributed by atoms with E-state index >= 15 is 0 Å². The minimum Gasteiger partial charge on any atom is -0.350 e. The van der Waals surface area contributed by atoms with E-state index < -0.39 is 0 Å². The third-order valence-electron chi connectivity index (χ3n) is 4.56. The number of nitrogens with zero attached hydrogens (tertiary/aromatic N) is 1. The molecule has 0 atom stereocenters. The first-order valence-electron chi connectivity index (χ1n) is 8.84. The van der Waals surface area contributed by atoms with Gasteiger partial charge < -0.3 is 9.88 Å². The van der Waals surface area contributed by atoms with Gasteiger partial charge in [-0.05, 0) is 35.6 Å². The fourth-order valence-corrected chi connectivity index (χ4v) is 4.07. The summed E-state index contributed by atoms with van der Waals surface area (Å²) in [4.78, 5) is 13.8. The Hall–Kier alpha value is -2.92. The molecule has 0 spiro atoms. The Morgan fingerprint density at radius 3 is 2.63 bits per heavy atom. The van der Waals surface area contributed by atoms with E-state index in [1.807, 2.05) is 58.5 Å². The van der Waals surface area contributed by atoms with Gasteiger partial charge in [0, 0.05) is 17.5 Å². The number of benzene rings is 2. The van der Waals surface area contributed by atoms with Gasteiger partial charge in [0.1, 0.15) is 16.3 Å². The van der Waals surface area contributed by atoms with Gasteiger partial charge in [-0.1, -0.05) is 48.5 Å². The van der Waals surface area contributed by atoms with Crippen LogP contribution in [0.25, 0.3) is 10.2 Å². The van der Waals surface area contributed by atoms with Crippen molar-refractivity contribution in [3.8, 4) is 0 Å². The lowest BCUT2D eigenvalue weighted by Gasteiger charge is -2.11. The molecule has 4 aromatic rings. The van der Waals surface area contributed by atoms with Crippen molar-refractivity contribution in [1.29, 1.82) is 0 Å². The Balaban J connectivity index is 1.55. The van der Waals surface area contributed by atoms with E-state index in [9.17, 15) is 9.18 Å². The topological polar surface area (TPSA) is 34.0 Å². The number of hydrogen-bond donors (Lipinski definition) is 1. The molecule has 1 N–H and O–H groups in total. The number of thiophene rings is 1. The number of carbonyl (C=O) groups excluding carboxylic acids is 1. The second-order valence-corrected chi connectivity index (χ2v) is 7.27. The molecule has 3 nitrogen and oxygen atoms in total. The first-order chi connectivity index (χ1) is 13.2. The van der Waals surface area contributed by atoms with Crippen molar-refractivity contribution >= 4 is 27.5 Å². The van der Waals surface area contributed by atoms with Crippen molar-refractivity contribution in [1.82, 2.24) is 9.88 Å². The monoisotopic (exact) mass is 378 g/mol. The summed E-state index contributed by atoms with van der Waals surface area (Å²) in [5, 5.41) is 5.98. The summed E-state index contributed by atoms with van der Waals surface area (Å²) in [7, 11) is 0. The lowest BCUT2D eigenvalue weighted by molar-refractivity contribution is 0.0945. The number of nitrogens with one attached hydrogen (secondary N) is 1. The van der Waals surface area contributed by atoms with Crippen molar-refractivity contribution < 1.29 is 9.18 Å². The maximum atomic E-state index is 14.1. The molecule has 136 valence electrons. The number of amides is 1. The molecule has 0 unspecified atom stereocenters. The van der Waals surface area contributed by atoms with E-state index in [2.05, 4.69) is 5.32 Å². The molecule has 0 saturated carbocycles. The molecule has 0 fully saturated rings. The largest absolute Gasteiger partial charge is 0.350 e. The lowest BCUT2D eigenvalue weighted by Crippen LogP contribution is -2.28. The SMILES string of the molecule is O=C(NCCc1ccccc1)c1cc2ccsc2n1Cc1ccccc1F. The molecule has 0 aliphatic rings. The zero-order valence-electron chi connectivity index (χ0n) is 14.7. The van der Waals surface area contributed by atoms with Gasteiger partial charge in [0.05, 0.1) is 6.54 Å². The van der Waals surface area contributed by atoms with Crippen LogP contribution in [0, 0.1) is 5.82 Å². The number of fused-ring (bicyclic) bond motifs is 1. The van der Waals surface area contributed by atoms with Crippen molar-refractivity contribution in [3.05, 3.63) is 94.7 Å². The smallest absolute Gasteiger partial charge is 0.267 e. The molecule has 0 aliphatic heterocycles. The van der Waals surface area contributed by atoms with Crippen LogP contribution in [0.3, 0.4) is 0 Å². The van der Waals surface area contributed by atoms with E-state index in [-0.39, 0.29) is 11.7 Å². The zero-order valence-corrected chi connectivity index (χ0v) is 15.5. The van der Waals surface area contributed by atoms with Crippen LogP contribution in [0.15, 0.2) is 72.1 Å². The summed E-state index contributed by atoms with van der Waals surface area (Å²) in [6.45, 7) is 0.888. The van der Waals surface area contributed by atoms with Gasteiger partial charge in [-0.2, -0.15) is 0 Å². The van der Waals surface area contributed by atoms with E-state index in [1.165, 1.54) is 11.6 Å². The number of carbonyl (C=O) groups is 1. The van der Waals surface area contributed by atoms with Gasteiger partial charge in [0.25, 0.3) is 5.91 Å². The second-order valence-electron chi connectivity index (χ2n) is 6.38. The van der Waals surface area contributed by atoms with Crippen molar-refractivity contribution in [2.75, 3.05) is 6.54 Å². The molecule has 0 aliphatic carbocycles. The number of aromatic nitrogens is 1. The van der Waals surface area contributed by atoms with E-state index in [0.717, 1.165) is 16.6 Å². The van der Waals surface area contributed by atoms with Crippen molar-refractivity contribution in [2.45, 2.75) is 13.0 Å². The normalized spacial score (nSPS) is 11.0. The molecule has 0 saturated heterocycles. The van der Waals surface area contributed by atoms with Crippen LogP contribution in [-0.2, 0) is 13.0 Å². The Kier molecular flexibility index (Phi) is 5.03. The predicted octanol–water partition coefficient (Wildman–Crippen LogP) is 4.86. The Morgan fingerprint density at radius 2 is 1.81 bits per heavy atom. The van der Waals surface area contributed by atoms with Gasteiger partial charge in [-0.25, -0.2) is 4.39 Å². The average molecular weight is 378 g/mol. The molecular formula is C22H19FN2OS. The molecule has 27 heavy (non-hydrogen) atoms. The highest BCUT2D eigenvalue weighted by Crippen LogP contribution is 2.27. The molecule has 4 rings (SSSR count). The number of hydrogen-bond acceptors (Lipinski definition) is 2. The summed E-state index contributed by atoms with van der Waals surface area (Å²) in [6, 6.07) is 20.6. The third-order valence-corrected chi connectivity index (χ3v) is 5.51. The summed E-state index contributed by atoms with van der Waals surface area (Å²) >= 11 is 1.56. The van der Waals surface area contributed by atoms with Crippen LogP contribution in [0.4, 0.5) is 4.39 Å². The van der Waals surface area contributed by atoms with Crippen LogP contribution in [-0.4, -0.2) is 17.0 Å². The minimum absolute atomic E-state index is 0.134. The first-order valence-corrected chi connectivity index (χ1v) is 9.72. The third kappa shape index (κ3) is 3.78. The molecule has 5 heteroatoms. The molecule has 2 aromatic heterocycles. The summed E-state index contributed by atoms with van der Waals surface area (Å²) < 4.78 is 16.0. The standard InChI is InChI=1S/C22H19FN2OS/c23-19-9-5-4-8-18(19)15-25-20(14-17-11-13-27-22(17)25)21(26)24-12-10-16-6-2-1-3-7-16/h1-9,11,13-14H,10,12,15H2,(H,24,26). The Bertz CT molecular complexity index is 1070. The maximum absolute atomic E-state index is 14.1. The van der Waals surface area contributed by atoms with Gasteiger partial charge in [0.2, 0.25) is 0 Å². The lowest BCUT2D eigenvalue weighted by atomic mass is 10.1. The summed E-state index contributed by atoms with van der Waals surface area (Å²) in [5.41, 5.74) is 2.32. The van der Waals surface area contributed by atoms with Crippen LogP contribution in [0.5, 0.6) is 0 Å². The quantitative estimate of drug-likeness (QED) is 0.511. The summed E-state index contributed by atoms with van der Waals surface area (Å²) in [6.07, 6.45) is 0.773. The average Bonchev–Trinajstić information content (AvgIpc) is 3.27. The zero-order chi connectivity index (χ0) is 18.6. The molecular weight excluding hydrogens is 359 g/mol. The van der Waals surface area contributed by atoms with Crippen molar-refractivity contribution in [2.24, 2.45) is 0 Å². The van der Waals surface area contributed by atoms with E-state index in [1.54, 1.807) is 23.5 Å². The van der Waals surface area contributed by atoms with Crippen LogP contribution in [0.2, 0.25) is 0 Å². The highest BCUT2D eigenvalue weighted by atomic mass is 32.1. The minimum atomic E-state index is -0.258. The fraction of sp³-hybridized carbons (Fsp3) is 0.136. The first kappa shape index (κ1) is 17.5. The summed E-state index contributed by atoms with van der Waals surface area (Å²) in [5.74, 6) is -0.392. The number of rotatable bonds is 6. The van der Waals surface area contributed by atoms with Gasteiger partial charge in [0.15, 0.2) is 0 Å². The number of halogens is 1. The molecule has 0 radical (unpaired) electrons. The van der Waals surface area contributed by atoms with Gasteiger partial charge in [-0.3, -0.25) is 4.79 Å². The molecule has 2 aromatic carbocycles. The fourth-order valence-electron chi connectivity index (χ4n) is 3.17. The van der Waals surface area contributed by atoms with Gasteiger partial charge in [-0.15, -0.1) is 11.3 Å². The van der Waals surface area contributed by atoms with Crippen LogP contribution in [0.1, 0.15) is 21.6 Å². The highest BCUT2D eigenvalue weighted by Gasteiger charge is 2.17. The van der Waals surface area contributed by atoms with Crippen molar-refractivity contribution in [3.63, 3.8) is 0 Å². The van der Waals surface area contributed by atoms with Crippen LogP contribution < -0.4 is 5.32 Å². The maximum Gasteiger partial charge on any atom is 0.267 e. The molecule has 2 heterocycles.